The van der Waals surface area contributed by atoms with Crippen molar-refractivity contribution in [2.45, 2.75) is 39.2 Å². The molecule has 1 unspecified atom stereocenters. The van der Waals surface area contributed by atoms with Gasteiger partial charge in [0.25, 0.3) is 0 Å². The highest BCUT2D eigenvalue weighted by Crippen LogP contribution is 2.10. The van der Waals surface area contributed by atoms with Crippen LogP contribution in [0.15, 0.2) is 0 Å². The molecule has 1 N–H and O–H groups in total. The van der Waals surface area contributed by atoms with E-state index < -0.39 is 9.84 Å². The lowest BCUT2D eigenvalue weighted by Gasteiger charge is -2.18. The molecule has 0 aromatic heterocycles. The van der Waals surface area contributed by atoms with Crippen LogP contribution in [0.5, 0.6) is 0 Å². The third-order valence-electron chi connectivity index (χ3n) is 3.55. The summed E-state index contributed by atoms with van der Waals surface area (Å²) >= 11 is 0. The maximum Gasteiger partial charge on any atom is 0.151 e. The van der Waals surface area contributed by atoms with Crippen LogP contribution in [0, 0.1) is 0 Å². The van der Waals surface area contributed by atoms with E-state index in [4.69, 9.17) is 0 Å². The Kier molecular flexibility index (Phi) is 6.44. The molecule has 0 aromatic carbocycles. The third kappa shape index (κ3) is 5.84. The molecular formula is C12H26N2O2S. The van der Waals surface area contributed by atoms with E-state index in [0.717, 1.165) is 19.5 Å². The number of sulfone groups is 1. The molecule has 0 aromatic rings. The molecule has 5 heteroatoms. The Morgan fingerprint density at radius 3 is 2.65 bits per heavy atom. The van der Waals surface area contributed by atoms with Gasteiger partial charge in [0, 0.05) is 18.3 Å². The summed E-state index contributed by atoms with van der Waals surface area (Å²) in [5, 5.41) is 3.39. The van der Waals surface area contributed by atoms with Gasteiger partial charge in [-0.15, -0.1) is 0 Å². The van der Waals surface area contributed by atoms with Crippen LogP contribution in [0.25, 0.3) is 0 Å². The molecule has 0 bridgehead atoms. The summed E-state index contributed by atoms with van der Waals surface area (Å²) in [6, 6.07) is 0.499. The van der Waals surface area contributed by atoms with Crippen LogP contribution in [-0.4, -0.2) is 57.0 Å². The predicted octanol–water partition coefficient (Wildman–Crippen LogP) is 0.885. The number of hydrogen-bond acceptors (Lipinski definition) is 4. The van der Waals surface area contributed by atoms with Crippen molar-refractivity contribution in [2.75, 3.05) is 37.7 Å². The van der Waals surface area contributed by atoms with Crippen molar-refractivity contribution in [1.29, 1.82) is 0 Å². The molecule has 4 nitrogen and oxygen atoms in total. The maximum absolute atomic E-state index is 11.4. The van der Waals surface area contributed by atoms with Gasteiger partial charge in [0.2, 0.25) is 0 Å². The number of nitrogens with one attached hydrogen (secondary N) is 1. The van der Waals surface area contributed by atoms with Gasteiger partial charge < -0.3 is 10.2 Å². The lowest BCUT2D eigenvalue weighted by atomic mass is 10.1. The maximum atomic E-state index is 11.4. The Balaban J connectivity index is 2.24. The Morgan fingerprint density at radius 1 is 1.24 bits per heavy atom. The standard InChI is InChI=1S/C12H26N2O2S/c1-3-14-9-5-6-12(7-10-14)13-8-11-17(15,16)4-2/h12-13H,3-11H2,1-2H3. The fourth-order valence-corrected chi connectivity index (χ4v) is 2.96. The summed E-state index contributed by atoms with van der Waals surface area (Å²) in [6.07, 6.45) is 3.52. The highest BCUT2D eigenvalue weighted by atomic mass is 32.2. The molecular weight excluding hydrogens is 236 g/mol. The van der Waals surface area contributed by atoms with E-state index in [0.29, 0.717) is 12.6 Å². The first-order valence-corrected chi connectivity index (χ1v) is 8.55. The summed E-state index contributed by atoms with van der Waals surface area (Å²) in [4.78, 5) is 2.46. The molecule has 0 saturated carbocycles. The quantitative estimate of drug-likeness (QED) is 0.772. The normalized spacial score (nSPS) is 23.5. The Morgan fingerprint density at radius 2 is 2.00 bits per heavy atom. The molecule has 1 atom stereocenters. The fourth-order valence-electron chi connectivity index (χ4n) is 2.24. The van der Waals surface area contributed by atoms with Crippen molar-refractivity contribution in [2.24, 2.45) is 0 Å². The van der Waals surface area contributed by atoms with Gasteiger partial charge in [-0.05, 0) is 38.9 Å². The van der Waals surface area contributed by atoms with Gasteiger partial charge in [-0.25, -0.2) is 8.42 Å². The van der Waals surface area contributed by atoms with Gasteiger partial charge in [-0.1, -0.05) is 13.8 Å². The van der Waals surface area contributed by atoms with E-state index in [9.17, 15) is 8.42 Å². The minimum absolute atomic E-state index is 0.253. The first-order valence-electron chi connectivity index (χ1n) is 6.73. The lowest BCUT2D eigenvalue weighted by Crippen LogP contribution is -2.34. The minimum atomic E-state index is -2.82. The van der Waals surface area contributed by atoms with E-state index in [1.54, 1.807) is 6.92 Å². The summed E-state index contributed by atoms with van der Waals surface area (Å²) in [7, 11) is -2.82. The van der Waals surface area contributed by atoms with Crippen LogP contribution in [0.3, 0.4) is 0 Å². The van der Waals surface area contributed by atoms with E-state index in [-0.39, 0.29) is 11.5 Å². The molecule has 102 valence electrons. The van der Waals surface area contributed by atoms with Gasteiger partial charge >= 0.3 is 0 Å². The van der Waals surface area contributed by atoms with E-state index in [1.807, 2.05) is 0 Å². The summed E-state index contributed by atoms with van der Waals surface area (Å²) in [5.74, 6) is 0.528. The van der Waals surface area contributed by atoms with Crippen molar-refractivity contribution >= 4 is 9.84 Å². The Bertz CT molecular complexity index is 304. The monoisotopic (exact) mass is 262 g/mol. The van der Waals surface area contributed by atoms with Crippen molar-refractivity contribution in [1.82, 2.24) is 10.2 Å². The molecule has 0 spiro atoms. The van der Waals surface area contributed by atoms with Crippen LogP contribution in [0.1, 0.15) is 33.1 Å². The van der Waals surface area contributed by atoms with Crippen molar-refractivity contribution in [3.8, 4) is 0 Å². The molecule has 1 rings (SSSR count). The average molecular weight is 262 g/mol. The van der Waals surface area contributed by atoms with E-state index >= 15 is 0 Å². The van der Waals surface area contributed by atoms with Gasteiger partial charge in [0.15, 0.2) is 9.84 Å². The summed E-state index contributed by atoms with van der Waals surface area (Å²) < 4.78 is 22.7. The second kappa shape index (κ2) is 7.34. The van der Waals surface area contributed by atoms with Gasteiger partial charge in [0.1, 0.15) is 0 Å². The first-order chi connectivity index (χ1) is 8.07. The van der Waals surface area contributed by atoms with E-state index in [1.165, 1.54) is 19.4 Å². The summed E-state index contributed by atoms with van der Waals surface area (Å²) in [5.41, 5.74) is 0. The number of rotatable bonds is 6. The Labute approximate surface area is 106 Å². The topological polar surface area (TPSA) is 49.4 Å². The van der Waals surface area contributed by atoms with Crippen LogP contribution in [-0.2, 0) is 9.84 Å². The molecule has 0 aliphatic carbocycles. The van der Waals surface area contributed by atoms with Crippen LogP contribution >= 0.6 is 0 Å². The highest BCUT2D eigenvalue weighted by Gasteiger charge is 2.16. The van der Waals surface area contributed by atoms with E-state index in [2.05, 4.69) is 17.1 Å². The Hall–Kier alpha value is -0.130. The predicted molar refractivity (Wildman–Crippen MR) is 72.1 cm³/mol. The zero-order valence-electron chi connectivity index (χ0n) is 11.1. The lowest BCUT2D eigenvalue weighted by molar-refractivity contribution is 0.297. The van der Waals surface area contributed by atoms with Crippen LogP contribution in [0.4, 0.5) is 0 Å². The zero-order chi connectivity index (χ0) is 12.7. The van der Waals surface area contributed by atoms with Crippen LogP contribution < -0.4 is 5.32 Å². The molecule has 0 radical (unpaired) electrons. The van der Waals surface area contributed by atoms with Gasteiger partial charge in [-0.3, -0.25) is 0 Å². The third-order valence-corrected chi connectivity index (χ3v) is 5.26. The molecule has 1 saturated heterocycles. The molecule has 1 fully saturated rings. The summed E-state index contributed by atoms with van der Waals surface area (Å²) in [6.45, 7) is 7.95. The second-order valence-corrected chi connectivity index (χ2v) is 7.23. The molecule has 1 heterocycles. The zero-order valence-corrected chi connectivity index (χ0v) is 11.9. The van der Waals surface area contributed by atoms with Crippen molar-refractivity contribution in [3.63, 3.8) is 0 Å². The fraction of sp³-hybridized carbons (Fsp3) is 1.00. The van der Waals surface area contributed by atoms with Gasteiger partial charge in [-0.2, -0.15) is 0 Å². The number of likely N-dealkylation sites (tertiary alicyclic amines) is 1. The largest absolute Gasteiger partial charge is 0.313 e. The first kappa shape index (κ1) is 14.9. The minimum Gasteiger partial charge on any atom is -0.313 e. The molecule has 1 aliphatic rings. The molecule has 0 amide bonds. The average Bonchev–Trinajstić information content (AvgIpc) is 2.54. The van der Waals surface area contributed by atoms with Crippen molar-refractivity contribution in [3.05, 3.63) is 0 Å². The smallest absolute Gasteiger partial charge is 0.151 e. The number of hydrogen-bond donors (Lipinski definition) is 1. The number of nitrogens with zero attached hydrogens (tertiary/aromatic N) is 1. The SMILES string of the molecule is CCN1CCCC(NCCS(=O)(=O)CC)CC1. The molecule has 17 heavy (non-hydrogen) atoms. The van der Waals surface area contributed by atoms with Gasteiger partial charge in [0.05, 0.1) is 5.75 Å². The second-order valence-electron chi connectivity index (χ2n) is 4.75. The highest BCUT2D eigenvalue weighted by molar-refractivity contribution is 7.91. The molecule has 1 aliphatic heterocycles. The van der Waals surface area contributed by atoms with Crippen molar-refractivity contribution < 1.29 is 8.42 Å². The van der Waals surface area contributed by atoms with Crippen LogP contribution in [0.2, 0.25) is 0 Å².